The summed E-state index contributed by atoms with van der Waals surface area (Å²) in [6.07, 6.45) is 5.58. The lowest BCUT2D eigenvalue weighted by Crippen LogP contribution is -2.69. The van der Waals surface area contributed by atoms with Gasteiger partial charge in [-0.2, -0.15) is 0 Å². The van der Waals surface area contributed by atoms with Crippen LogP contribution in [0.15, 0.2) is 23.8 Å². The molecule has 4 fully saturated rings. The summed E-state index contributed by atoms with van der Waals surface area (Å²) in [6, 6.07) is -0.951. The molecule has 0 heterocycles. The molecule has 192 valence electrons. The molecule has 35 heavy (non-hydrogen) atoms. The molecular formula is C27H34F2O5S. The molecule has 0 amide bonds. The van der Waals surface area contributed by atoms with Crippen LogP contribution in [-0.2, 0) is 19.1 Å². The highest BCUT2D eigenvalue weighted by Gasteiger charge is 2.77. The number of aliphatic hydroxyl groups is 1. The monoisotopic (exact) mass is 508 g/mol. The van der Waals surface area contributed by atoms with E-state index in [4.69, 9.17) is 4.74 Å². The Kier molecular flexibility index (Phi) is 5.55. The van der Waals surface area contributed by atoms with Gasteiger partial charge in [0.2, 0.25) is 5.12 Å². The summed E-state index contributed by atoms with van der Waals surface area (Å²) in [5.41, 5.74) is -5.87. The topological polar surface area (TPSA) is 80.7 Å². The quantitative estimate of drug-likeness (QED) is 0.546. The lowest BCUT2D eigenvalue weighted by molar-refractivity contribution is -0.226. The zero-order valence-electron chi connectivity index (χ0n) is 20.7. The number of thioether (sulfide) groups is 1. The van der Waals surface area contributed by atoms with E-state index in [9.17, 15) is 23.9 Å². The molecule has 0 aliphatic heterocycles. The van der Waals surface area contributed by atoms with Crippen LogP contribution in [0.3, 0.4) is 0 Å². The molecular weight excluding hydrogens is 474 g/mol. The SMILES string of the molecule is C[C@@H]1CC2C3CCC4=CC(=O)C=C[C@]4(C)[C@@]3(F)[C@@H](O)C[C@]2(C)[C@@]1(OC(=O)C1(C)CC1)C(=O)SCF. The van der Waals surface area contributed by atoms with Gasteiger partial charge >= 0.3 is 5.97 Å². The number of hydrogen-bond donors (Lipinski definition) is 1. The fraction of sp³-hybridized carbons (Fsp3) is 0.741. The largest absolute Gasteiger partial charge is 0.449 e. The first-order chi connectivity index (χ1) is 16.3. The summed E-state index contributed by atoms with van der Waals surface area (Å²) in [5.74, 6) is -2.09. The summed E-state index contributed by atoms with van der Waals surface area (Å²) in [7, 11) is 0. The number of allylic oxidation sites excluding steroid dienone is 4. The van der Waals surface area contributed by atoms with E-state index in [2.05, 4.69) is 0 Å². The van der Waals surface area contributed by atoms with Gasteiger partial charge in [0.05, 0.1) is 11.5 Å². The van der Waals surface area contributed by atoms with Gasteiger partial charge in [0, 0.05) is 22.7 Å². The van der Waals surface area contributed by atoms with Crippen molar-refractivity contribution in [2.75, 3.05) is 6.01 Å². The Morgan fingerprint density at radius 2 is 1.91 bits per heavy atom. The maximum atomic E-state index is 17.3. The van der Waals surface area contributed by atoms with E-state index < -0.39 is 62.5 Å². The first kappa shape index (κ1) is 25.1. The summed E-state index contributed by atoms with van der Waals surface area (Å²) < 4.78 is 36.9. The Morgan fingerprint density at radius 3 is 2.54 bits per heavy atom. The second-order valence-corrected chi connectivity index (χ2v) is 13.0. The third-order valence-electron chi connectivity index (χ3n) is 10.4. The molecule has 2 unspecified atom stereocenters. The number of fused-ring (bicyclic) bond motifs is 5. The van der Waals surface area contributed by atoms with Crippen LogP contribution in [0, 0.1) is 34.0 Å². The van der Waals surface area contributed by atoms with Crippen molar-refractivity contribution < 1.29 is 33.0 Å². The van der Waals surface area contributed by atoms with E-state index in [-0.39, 0.29) is 18.1 Å². The molecule has 8 atom stereocenters. The second kappa shape index (κ2) is 7.73. The number of ketones is 1. The number of carbonyl (C=O) groups is 3. The number of carbonyl (C=O) groups excluding carboxylic acids is 3. The molecule has 5 rings (SSSR count). The normalized spacial score (nSPS) is 47.3. The summed E-state index contributed by atoms with van der Waals surface area (Å²) in [4.78, 5) is 38.8. The fourth-order valence-corrected chi connectivity index (χ4v) is 8.83. The van der Waals surface area contributed by atoms with Gasteiger partial charge in [-0.15, -0.1) is 0 Å². The predicted octanol–water partition coefficient (Wildman–Crippen LogP) is 4.87. The summed E-state index contributed by atoms with van der Waals surface area (Å²) in [5, 5.41) is 11.0. The van der Waals surface area contributed by atoms with E-state index in [0.717, 1.165) is 0 Å². The summed E-state index contributed by atoms with van der Waals surface area (Å²) >= 11 is 0.490. The van der Waals surface area contributed by atoms with E-state index in [1.807, 2.05) is 13.8 Å². The molecule has 0 spiro atoms. The van der Waals surface area contributed by atoms with Gasteiger partial charge in [0.25, 0.3) is 0 Å². The minimum atomic E-state index is -2.04. The number of rotatable bonds is 4. The molecule has 5 aliphatic carbocycles. The molecule has 5 nitrogen and oxygen atoms in total. The number of halogens is 2. The highest BCUT2D eigenvalue weighted by Crippen LogP contribution is 2.72. The molecule has 8 heteroatoms. The van der Waals surface area contributed by atoms with Crippen molar-refractivity contribution in [1.82, 2.24) is 0 Å². The van der Waals surface area contributed by atoms with Gasteiger partial charge in [-0.3, -0.25) is 14.4 Å². The minimum absolute atomic E-state index is 0.0950. The number of ether oxygens (including phenoxy) is 1. The van der Waals surface area contributed by atoms with Gasteiger partial charge < -0.3 is 9.84 Å². The molecule has 0 saturated heterocycles. The van der Waals surface area contributed by atoms with Crippen LogP contribution in [0.5, 0.6) is 0 Å². The van der Waals surface area contributed by atoms with Crippen LogP contribution in [0.25, 0.3) is 0 Å². The van der Waals surface area contributed by atoms with Gasteiger partial charge in [-0.05, 0) is 82.2 Å². The van der Waals surface area contributed by atoms with Crippen LogP contribution < -0.4 is 0 Å². The molecule has 5 aliphatic rings. The highest BCUT2D eigenvalue weighted by atomic mass is 32.2. The number of alkyl halides is 2. The third-order valence-corrected chi connectivity index (χ3v) is 11.1. The van der Waals surface area contributed by atoms with Crippen molar-refractivity contribution in [3.8, 4) is 0 Å². The zero-order valence-corrected chi connectivity index (χ0v) is 21.6. The van der Waals surface area contributed by atoms with Gasteiger partial charge in [0.15, 0.2) is 17.1 Å². The van der Waals surface area contributed by atoms with Gasteiger partial charge in [0.1, 0.15) is 6.01 Å². The fourth-order valence-electron chi connectivity index (χ4n) is 8.04. The van der Waals surface area contributed by atoms with E-state index in [1.54, 1.807) is 19.9 Å². The first-order valence-corrected chi connectivity index (χ1v) is 13.6. The maximum absolute atomic E-state index is 17.3. The number of esters is 1. The van der Waals surface area contributed by atoms with Crippen molar-refractivity contribution in [2.45, 2.75) is 83.6 Å². The average molecular weight is 509 g/mol. The average Bonchev–Trinajstić information content (AvgIpc) is 3.50. The van der Waals surface area contributed by atoms with Crippen molar-refractivity contribution in [3.63, 3.8) is 0 Å². The van der Waals surface area contributed by atoms with E-state index in [1.165, 1.54) is 12.2 Å². The second-order valence-electron chi connectivity index (χ2n) is 12.1. The zero-order chi connectivity index (χ0) is 25.6. The van der Waals surface area contributed by atoms with Crippen LogP contribution in [0.1, 0.15) is 66.2 Å². The van der Waals surface area contributed by atoms with E-state index in [0.29, 0.717) is 49.4 Å². The van der Waals surface area contributed by atoms with Crippen LogP contribution in [0.4, 0.5) is 8.78 Å². The third kappa shape index (κ3) is 3.04. The molecule has 0 bridgehead atoms. The molecule has 0 aromatic heterocycles. The lowest BCUT2D eigenvalue weighted by atomic mass is 9.45. The van der Waals surface area contributed by atoms with Crippen LogP contribution in [-0.4, -0.2) is 45.4 Å². The molecule has 1 N–H and O–H groups in total. The van der Waals surface area contributed by atoms with E-state index >= 15 is 4.39 Å². The Balaban J connectivity index is 1.61. The van der Waals surface area contributed by atoms with Crippen LogP contribution >= 0.6 is 11.8 Å². The number of aliphatic hydroxyl groups excluding tert-OH is 1. The van der Waals surface area contributed by atoms with Crippen molar-refractivity contribution >= 4 is 28.6 Å². The van der Waals surface area contributed by atoms with Crippen molar-refractivity contribution in [3.05, 3.63) is 23.8 Å². The summed E-state index contributed by atoms with van der Waals surface area (Å²) in [6.45, 7) is 7.18. The molecule has 0 aromatic carbocycles. The van der Waals surface area contributed by atoms with Gasteiger partial charge in [-0.1, -0.05) is 25.5 Å². The molecule has 0 radical (unpaired) electrons. The van der Waals surface area contributed by atoms with Crippen LogP contribution in [0.2, 0.25) is 0 Å². The maximum Gasteiger partial charge on any atom is 0.312 e. The van der Waals surface area contributed by atoms with Crippen molar-refractivity contribution in [1.29, 1.82) is 0 Å². The minimum Gasteiger partial charge on any atom is -0.449 e. The van der Waals surface area contributed by atoms with Crippen molar-refractivity contribution in [2.24, 2.45) is 34.0 Å². The lowest BCUT2D eigenvalue weighted by Gasteiger charge is -2.62. The number of hydrogen-bond acceptors (Lipinski definition) is 6. The molecule has 0 aromatic rings. The smallest absolute Gasteiger partial charge is 0.312 e. The highest BCUT2D eigenvalue weighted by molar-refractivity contribution is 8.13. The predicted molar refractivity (Wildman–Crippen MR) is 128 cm³/mol. The standard InChI is InChI=1S/C27H34F2O5S/c1-15-11-19-18-6-5-16-12-17(30)7-8-24(16,3)26(18,29)20(31)13-25(19,4)27(15,22(33)35-14-28)34-21(32)23(2)9-10-23/h7-8,12,15,18-20,31H,5-6,9-11,13-14H2,1-4H3/t15-,18?,19?,20+,24+,25+,26+,27+/m1/s1. The first-order valence-electron chi connectivity index (χ1n) is 12.6. The molecule has 4 saturated carbocycles. The van der Waals surface area contributed by atoms with Gasteiger partial charge in [-0.25, -0.2) is 8.78 Å². The Bertz CT molecular complexity index is 1050. The Hall–Kier alpha value is -1.54. The Labute approximate surface area is 209 Å². The Morgan fingerprint density at radius 1 is 1.23 bits per heavy atom.